The third-order valence-electron chi connectivity index (χ3n) is 5.09. The van der Waals surface area contributed by atoms with Crippen LogP contribution in [-0.4, -0.2) is 42.6 Å². The highest BCUT2D eigenvalue weighted by Gasteiger charge is 2.17. The Balaban J connectivity index is 1.36. The number of aromatic nitrogens is 6. The van der Waals surface area contributed by atoms with Crippen LogP contribution >= 0.6 is 0 Å². The van der Waals surface area contributed by atoms with Crippen molar-refractivity contribution in [1.29, 1.82) is 0 Å². The molecule has 0 atom stereocenters. The van der Waals surface area contributed by atoms with Gasteiger partial charge in [-0.25, -0.2) is 9.97 Å². The van der Waals surface area contributed by atoms with E-state index in [1.54, 1.807) is 4.68 Å². The van der Waals surface area contributed by atoms with Gasteiger partial charge in [0, 0.05) is 79.6 Å². The van der Waals surface area contributed by atoms with Crippen molar-refractivity contribution in [2.24, 2.45) is 13.0 Å². The molecule has 0 amide bonds. The first-order chi connectivity index (χ1) is 13.7. The molecule has 140 valence electrons. The minimum Gasteiger partial charge on any atom is -0.316 e. The monoisotopic (exact) mass is 371 g/mol. The zero-order valence-electron chi connectivity index (χ0n) is 15.7. The largest absolute Gasteiger partial charge is 0.316 e. The third-order valence-corrected chi connectivity index (χ3v) is 5.09. The first kappa shape index (κ1) is 16.8. The van der Waals surface area contributed by atoms with E-state index in [0.717, 1.165) is 47.5 Å². The minimum atomic E-state index is 0.679. The van der Waals surface area contributed by atoms with E-state index in [1.165, 1.54) is 0 Å². The van der Waals surface area contributed by atoms with Crippen molar-refractivity contribution in [3.05, 3.63) is 61.4 Å². The van der Waals surface area contributed by atoms with Gasteiger partial charge in [0.1, 0.15) is 0 Å². The number of hydrogen-bond donors (Lipinski definition) is 1. The molecule has 1 aliphatic rings. The molecule has 0 bridgehead atoms. The van der Waals surface area contributed by atoms with Crippen LogP contribution in [0.3, 0.4) is 0 Å². The van der Waals surface area contributed by atoms with Crippen LogP contribution in [0.2, 0.25) is 0 Å². The molecule has 3 aromatic heterocycles. The summed E-state index contributed by atoms with van der Waals surface area (Å²) in [6.45, 7) is 3.10. The van der Waals surface area contributed by atoms with E-state index < -0.39 is 0 Å². The summed E-state index contributed by atoms with van der Waals surface area (Å²) in [5.74, 6) is 1.39. The second kappa shape index (κ2) is 7.01. The molecule has 1 aromatic carbocycles. The molecule has 7 nitrogen and oxygen atoms in total. The van der Waals surface area contributed by atoms with E-state index in [9.17, 15) is 0 Å². The third kappa shape index (κ3) is 3.32. The Morgan fingerprint density at radius 1 is 0.893 bits per heavy atom. The maximum Gasteiger partial charge on any atom is 0.159 e. The molecule has 0 unspecified atom stereocenters. The Bertz CT molecular complexity index is 1090. The number of benzene rings is 1. The van der Waals surface area contributed by atoms with Gasteiger partial charge in [-0.2, -0.15) is 10.2 Å². The Kier molecular flexibility index (Phi) is 4.21. The predicted molar refractivity (Wildman–Crippen MR) is 107 cm³/mol. The van der Waals surface area contributed by atoms with Crippen LogP contribution in [0, 0.1) is 5.92 Å². The minimum absolute atomic E-state index is 0.679. The molecular weight excluding hydrogens is 350 g/mol. The second-order valence-corrected chi connectivity index (χ2v) is 7.25. The van der Waals surface area contributed by atoms with Crippen molar-refractivity contribution >= 4 is 0 Å². The fourth-order valence-corrected chi connectivity index (χ4v) is 3.39. The van der Waals surface area contributed by atoms with Gasteiger partial charge in [0.15, 0.2) is 5.82 Å². The smallest absolute Gasteiger partial charge is 0.159 e. The molecule has 4 heterocycles. The standard InChI is InChI=1S/C21H21N7/c1-27-13-19(10-25-27)16-3-2-4-17(5-16)21-23-8-18(9-24-21)20-11-26-28(14-20)12-15-6-22-7-15/h2-5,8-11,13-15,22H,6-7,12H2,1H3. The van der Waals surface area contributed by atoms with Crippen molar-refractivity contribution in [2.75, 3.05) is 13.1 Å². The van der Waals surface area contributed by atoms with Crippen molar-refractivity contribution in [3.63, 3.8) is 0 Å². The van der Waals surface area contributed by atoms with Gasteiger partial charge in [-0.15, -0.1) is 0 Å². The number of nitrogens with one attached hydrogen (secondary N) is 1. The quantitative estimate of drug-likeness (QED) is 0.584. The van der Waals surface area contributed by atoms with E-state index in [-0.39, 0.29) is 0 Å². The summed E-state index contributed by atoms with van der Waals surface area (Å²) in [6.07, 6.45) is 11.5. The molecule has 1 aliphatic heterocycles. The topological polar surface area (TPSA) is 73.5 Å². The molecule has 0 spiro atoms. The van der Waals surface area contributed by atoms with E-state index in [0.29, 0.717) is 11.7 Å². The lowest BCUT2D eigenvalue weighted by atomic mass is 10.0. The van der Waals surface area contributed by atoms with Gasteiger partial charge in [0.05, 0.1) is 12.4 Å². The van der Waals surface area contributed by atoms with Gasteiger partial charge in [0.2, 0.25) is 0 Å². The Morgan fingerprint density at radius 3 is 2.36 bits per heavy atom. The van der Waals surface area contributed by atoms with Gasteiger partial charge < -0.3 is 5.32 Å². The maximum absolute atomic E-state index is 4.58. The number of aryl methyl sites for hydroxylation is 1. The molecule has 28 heavy (non-hydrogen) atoms. The molecule has 7 heteroatoms. The lowest BCUT2D eigenvalue weighted by Crippen LogP contribution is -2.44. The fourth-order valence-electron chi connectivity index (χ4n) is 3.39. The van der Waals surface area contributed by atoms with Crippen molar-refractivity contribution in [1.82, 2.24) is 34.8 Å². The summed E-state index contributed by atoms with van der Waals surface area (Å²) in [7, 11) is 1.92. The molecule has 4 aromatic rings. The molecular formula is C21H21N7. The average molecular weight is 371 g/mol. The summed E-state index contributed by atoms with van der Waals surface area (Å²) in [5.41, 5.74) is 5.19. The molecule has 0 aliphatic carbocycles. The second-order valence-electron chi connectivity index (χ2n) is 7.25. The Hall–Kier alpha value is -3.32. The van der Waals surface area contributed by atoms with E-state index in [2.05, 4.69) is 43.8 Å². The first-order valence-electron chi connectivity index (χ1n) is 9.40. The number of rotatable bonds is 5. The highest BCUT2D eigenvalue weighted by Crippen LogP contribution is 2.25. The summed E-state index contributed by atoms with van der Waals surface area (Å²) in [5, 5.41) is 12.0. The summed E-state index contributed by atoms with van der Waals surface area (Å²) in [4.78, 5) is 9.17. The Morgan fingerprint density at radius 2 is 1.64 bits per heavy atom. The van der Waals surface area contributed by atoms with E-state index in [1.807, 2.05) is 54.8 Å². The van der Waals surface area contributed by atoms with Crippen LogP contribution in [0.25, 0.3) is 33.6 Å². The lowest BCUT2D eigenvalue weighted by Gasteiger charge is -2.26. The van der Waals surface area contributed by atoms with Crippen LogP contribution in [0.4, 0.5) is 0 Å². The van der Waals surface area contributed by atoms with Gasteiger partial charge in [0.25, 0.3) is 0 Å². The van der Waals surface area contributed by atoms with Crippen LogP contribution in [0.1, 0.15) is 0 Å². The van der Waals surface area contributed by atoms with Gasteiger partial charge in [-0.1, -0.05) is 18.2 Å². The van der Waals surface area contributed by atoms with Gasteiger partial charge in [-0.3, -0.25) is 9.36 Å². The summed E-state index contributed by atoms with van der Waals surface area (Å²) in [6, 6.07) is 8.21. The van der Waals surface area contributed by atoms with Crippen molar-refractivity contribution in [2.45, 2.75) is 6.54 Å². The van der Waals surface area contributed by atoms with Crippen LogP contribution in [0.15, 0.2) is 61.4 Å². The number of hydrogen-bond acceptors (Lipinski definition) is 5. The normalized spacial score (nSPS) is 14.2. The van der Waals surface area contributed by atoms with Crippen molar-refractivity contribution in [3.8, 4) is 33.6 Å². The van der Waals surface area contributed by atoms with E-state index in [4.69, 9.17) is 0 Å². The SMILES string of the molecule is Cn1cc(-c2cccc(-c3ncc(-c4cnn(CC5CNC5)c4)cn3)c2)cn1. The predicted octanol–water partition coefficient (Wildman–Crippen LogP) is 2.63. The zero-order chi connectivity index (χ0) is 18.9. The molecule has 0 radical (unpaired) electrons. The molecule has 1 fully saturated rings. The molecule has 5 rings (SSSR count). The van der Waals surface area contributed by atoms with Crippen molar-refractivity contribution < 1.29 is 0 Å². The number of nitrogens with zero attached hydrogens (tertiary/aromatic N) is 6. The molecule has 1 saturated heterocycles. The zero-order valence-corrected chi connectivity index (χ0v) is 15.7. The van der Waals surface area contributed by atoms with E-state index >= 15 is 0 Å². The summed E-state index contributed by atoms with van der Waals surface area (Å²) >= 11 is 0. The molecule has 1 N–H and O–H groups in total. The molecule has 0 saturated carbocycles. The first-order valence-corrected chi connectivity index (χ1v) is 9.40. The maximum atomic E-state index is 4.58. The average Bonchev–Trinajstić information content (AvgIpc) is 3.34. The van der Waals surface area contributed by atoms with Gasteiger partial charge in [-0.05, 0) is 11.6 Å². The van der Waals surface area contributed by atoms with Gasteiger partial charge >= 0.3 is 0 Å². The lowest BCUT2D eigenvalue weighted by molar-refractivity contribution is 0.295. The van der Waals surface area contributed by atoms with Crippen LogP contribution in [0.5, 0.6) is 0 Å². The fraction of sp³-hybridized carbons (Fsp3) is 0.238. The van der Waals surface area contributed by atoms with Crippen LogP contribution < -0.4 is 5.32 Å². The highest BCUT2D eigenvalue weighted by molar-refractivity contribution is 5.70. The summed E-state index contributed by atoms with van der Waals surface area (Å²) < 4.78 is 3.81. The Labute approximate surface area is 163 Å². The van der Waals surface area contributed by atoms with Crippen LogP contribution in [-0.2, 0) is 13.6 Å². The highest BCUT2D eigenvalue weighted by atomic mass is 15.3.